The lowest BCUT2D eigenvalue weighted by molar-refractivity contribution is -0.124. The maximum Gasteiger partial charge on any atom is 0.217 e. The fraction of sp³-hybridized carbons (Fsp3) is 0.909. The van der Waals surface area contributed by atoms with Crippen molar-refractivity contribution in [3.63, 3.8) is 0 Å². The molecule has 0 radical (unpaired) electrons. The molecule has 3 aliphatic rings. The SMILES string of the molecule is CCC1(NC(C)=O)CN2CCC1CC2. The highest BCUT2D eigenvalue weighted by atomic mass is 16.1. The Morgan fingerprint density at radius 3 is 2.50 bits per heavy atom. The van der Waals surface area contributed by atoms with Gasteiger partial charge in [-0.2, -0.15) is 0 Å². The minimum absolute atomic E-state index is 0.0856. The molecule has 1 N–H and O–H groups in total. The van der Waals surface area contributed by atoms with Gasteiger partial charge in [0, 0.05) is 13.5 Å². The van der Waals surface area contributed by atoms with Crippen LogP contribution in [0.4, 0.5) is 0 Å². The lowest BCUT2D eigenvalue weighted by Crippen LogP contribution is -2.66. The van der Waals surface area contributed by atoms with Gasteiger partial charge in [-0.1, -0.05) is 6.92 Å². The van der Waals surface area contributed by atoms with Crippen LogP contribution in [0.3, 0.4) is 0 Å². The van der Waals surface area contributed by atoms with Gasteiger partial charge in [0.2, 0.25) is 5.91 Å². The highest BCUT2D eigenvalue weighted by Crippen LogP contribution is 2.37. The molecule has 80 valence electrons. The monoisotopic (exact) mass is 196 g/mol. The molecule has 0 saturated carbocycles. The third kappa shape index (κ3) is 1.54. The summed E-state index contributed by atoms with van der Waals surface area (Å²) in [6.45, 7) is 7.35. The fourth-order valence-electron chi connectivity index (χ4n) is 3.15. The summed E-state index contributed by atoms with van der Waals surface area (Å²) in [7, 11) is 0. The molecule has 3 aliphatic heterocycles. The van der Waals surface area contributed by atoms with E-state index in [0.29, 0.717) is 5.92 Å². The smallest absolute Gasteiger partial charge is 0.217 e. The topological polar surface area (TPSA) is 32.3 Å². The van der Waals surface area contributed by atoms with E-state index < -0.39 is 0 Å². The van der Waals surface area contributed by atoms with Gasteiger partial charge in [0.15, 0.2) is 0 Å². The van der Waals surface area contributed by atoms with Gasteiger partial charge in [0.25, 0.3) is 0 Å². The maximum atomic E-state index is 11.2. The number of hydrogen-bond acceptors (Lipinski definition) is 2. The van der Waals surface area contributed by atoms with Crippen molar-refractivity contribution in [1.29, 1.82) is 0 Å². The number of amides is 1. The highest BCUT2D eigenvalue weighted by molar-refractivity contribution is 5.74. The number of piperidine rings is 3. The Morgan fingerprint density at radius 1 is 1.50 bits per heavy atom. The minimum atomic E-state index is 0.0856. The van der Waals surface area contributed by atoms with E-state index in [1.54, 1.807) is 6.92 Å². The van der Waals surface area contributed by atoms with E-state index in [1.165, 1.54) is 25.9 Å². The van der Waals surface area contributed by atoms with E-state index in [9.17, 15) is 4.79 Å². The number of fused-ring (bicyclic) bond motifs is 3. The fourth-order valence-corrected chi connectivity index (χ4v) is 3.15. The molecule has 2 bridgehead atoms. The quantitative estimate of drug-likeness (QED) is 0.714. The van der Waals surface area contributed by atoms with Gasteiger partial charge in [0.1, 0.15) is 0 Å². The van der Waals surface area contributed by atoms with Crippen LogP contribution in [0.5, 0.6) is 0 Å². The lowest BCUT2D eigenvalue weighted by atomic mass is 9.71. The van der Waals surface area contributed by atoms with Crippen LogP contribution in [0, 0.1) is 5.92 Å². The molecule has 1 unspecified atom stereocenters. The molecule has 0 aromatic rings. The Bertz CT molecular complexity index is 233. The van der Waals surface area contributed by atoms with Crippen molar-refractivity contribution in [2.45, 2.75) is 38.6 Å². The molecule has 1 atom stereocenters. The molecule has 1 amide bonds. The summed E-state index contributed by atoms with van der Waals surface area (Å²) < 4.78 is 0. The van der Waals surface area contributed by atoms with E-state index in [-0.39, 0.29) is 11.4 Å². The van der Waals surface area contributed by atoms with Crippen LogP contribution in [-0.2, 0) is 4.79 Å². The van der Waals surface area contributed by atoms with Gasteiger partial charge in [-0.25, -0.2) is 0 Å². The predicted octanol–water partition coefficient (Wildman–Crippen LogP) is 0.997. The molecule has 3 heteroatoms. The van der Waals surface area contributed by atoms with E-state index >= 15 is 0 Å². The van der Waals surface area contributed by atoms with Crippen molar-refractivity contribution in [1.82, 2.24) is 10.2 Å². The van der Waals surface area contributed by atoms with Crippen LogP contribution in [0.25, 0.3) is 0 Å². The minimum Gasteiger partial charge on any atom is -0.349 e. The van der Waals surface area contributed by atoms with E-state index in [2.05, 4.69) is 17.1 Å². The van der Waals surface area contributed by atoms with Crippen molar-refractivity contribution in [3.05, 3.63) is 0 Å². The molecule has 0 aliphatic carbocycles. The van der Waals surface area contributed by atoms with E-state index in [1.807, 2.05) is 0 Å². The zero-order valence-electron chi connectivity index (χ0n) is 9.18. The first-order chi connectivity index (χ1) is 6.66. The second-order valence-corrected chi connectivity index (χ2v) is 4.74. The van der Waals surface area contributed by atoms with Crippen LogP contribution in [-0.4, -0.2) is 36.0 Å². The summed E-state index contributed by atoms with van der Waals surface area (Å²) in [5.41, 5.74) is 0.0856. The lowest BCUT2D eigenvalue weighted by Gasteiger charge is -2.53. The van der Waals surface area contributed by atoms with Gasteiger partial charge < -0.3 is 10.2 Å². The zero-order chi connectivity index (χ0) is 10.2. The second kappa shape index (κ2) is 3.54. The van der Waals surface area contributed by atoms with Crippen LogP contribution in [0.15, 0.2) is 0 Å². The Morgan fingerprint density at radius 2 is 2.14 bits per heavy atom. The van der Waals surface area contributed by atoms with Crippen LogP contribution >= 0.6 is 0 Å². The summed E-state index contributed by atoms with van der Waals surface area (Å²) in [5, 5.41) is 3.20. The summed E-state index contributed by atoms with van der Waals surface area (Å²) in [4.78, 5) is 13.7. The van der Waals surface area contributed by atoms with Crippen molar-refractivity contribution < 1.29 is 4.79 Å². The van der Waals surface area contributed by atoms with Crippen LogP contribution < -0.4 is 5.32 Å². The van der Waals surface area contributed by atoms with Crippen molar-refractivity contribution in [3.8, 4) is 0 Å². The van der Waals surface area contributed by atoms with Gasteiger partial charge in [-0.05, 0) is 38.3 Å². The molecule has 3 rings (SSSR count). The molecule has 3 saturated heterocycles. The Balaban J connectivity index is 2.15. The maximum absolute atomic E-state index is 11.2. The number of hydrogen-bond donors (Lipinski definition) is 1. The molecular weight excluding hydrogens is 176 g/mol. The van der Waals surface area contributed by atoms with Gasteiger partial charge in [-0.15, -0.1) is 0 Å². The average molecular weight is 196 g/mol. The van der Waals surface area contributed by atoms with Crippen molar-refractivity contribution >= 4 is 5.91 Å². The molecule has 0 aromatic carbocycles. The van der Waals surface area contributed by atoms with Gasteiger partial charge in [0.05, 0.1) is 5.54 Å². The van der Waals surface area contributed by atoms with Gasteiger partial charge in [-0.3, -0.25) is 4.79 Å². The Hall–Kier alpha value is -0.570. The normalized spacial score (nSPS) is 41.0. The predicted molar refractivity (Wildman–Crippen MR) is 56.0 cm³/mol. The summed E-state index contributed by atoms with van der Waals surface area (Å²) >= 11 is 0. The zero-order valence-corrected chi connectivity index (χ0v) is 9.18. The average Bonchev–Trinajstić information content (AvgIpc) is 2.18. The van der Waals surface area contributed by atoms with Crippen LogP contribution in [0.2, 0.25) is 0 Å². The Kier molecular flexibility index (Phi) is 2.52. The van der Waals surface area contributed by atoms with Crippen molar-refractivity contribution in [2.75, 3.05) is 19.6 Å². The first-order valence-corrected chi connectivity index (χ1v) is 5.67. The molecule has 0 aromatic heterocycles. The van der Waals surface area contributed by atoms with Crippen LogP contribution in [0.1, 0.15) is 33.1 Å². The summed E-state index contributed by atoms with van der Waals surface area (Å²) in [6.07, 6.45) is 3.58. The number of rotatable bonds is 2. The highest BCUT2D eigenvalue weighted by Gasteiger charge is 2.45. The number of nitrogens with zero attached hydrogens (tertiary/aromatic N) is 1. The third-order valence-electron chi connectivity index (χ3n) is 3.93. The molecule has 3 heterocycles. The molecular formula is C11H20N2O. The second-order valence-electron chi connectivity index (χ2n) is 4.74. The molecule has 3 fully saturated rings. The van der Waals surface area contributed by atoms with E-state index in [0.717, 1.165) is 13.0 Å². The number of nitrogens with one attached hydrogen (secondary N) is 1. The summed E-state index contributed by atoms with van der Waals surface area (Å²) in [6, 6.07) is 0. The third-order valence-corrected chi connectivity index (χ3v) is 3.93. The van der Waals surface area contributed by atoms with E-state index in [4.69, 9.17) is 0 Å². The largest absolute Gasteiger partial charge is 0.349 e. The molecule has 3 nitrogen and oxygen atoms in total. The number of carbonyl (C=O) groups is 1. The van der Waals surface area contributed by atoms with Crippen molar-refractivity contribution in [2.24, 2.45) is 5.92 Å². The summed E-state index contributed by atoms with van der Waals surface area (Å²) in [5.74, 6) is 0.835. The Labute approximate surface area is 85.8 Å². The molecule has 0 spiro atoms. The number of carbonyl (C=O) groups excluding carboxylic acids is 1. The standard InChI is InChI=1S/C11H20N2O/c1-3-11(12-9(2)14)8-13-6-4-10(11)5-7-13/h10H,3-8H2,1-2H3,(H,12,14). The first-order valence-electron chi connectivity index (χ1n) is 5.67. The van der Waals surface area contributed by atoms with Gasteiger partial charge >= 0.3 is 0 Å². The molecule has 14 heavy (non-hydrogen) atoms. The first kappa shape index (κ1) is 9.97.